The Hall–Kier alpha value is -1.96. The number of hydrogen-bond donors (Lipinski definition) is 1. The smallest absolute Gasteiger partial charge is 0.303 e. The van der Waals surface area contributed by atoms with Gasteiger partial charge in [-0.3, -0.25) is 19.2 Å². The Morgan fingerprint density at radius 3 is 1.60 bits per heavy atom. The number of aliphatic hydroxyl groups is 1. The largest absolute Gasteiger partial charge is 0.456 e. The lowest BCUT2D eigenvalue weighted by molar-refractivity contribution is -0.190. The van der Waals surface area contributed by atoms with E-state index in [2.05, 4.69) is 4.74 Å². The summed E-state index contributed by atoms with van der Waals surface area (Å²) in [6.45, 7) is 4.49. The summed E-state index contributed by atoms with van der Waals surface area (Å²) in [5.41, 5.74) is 0. The van der Waals surface area contributed by atoms with Crippen molar-refractivity contribution in [2.45, 2.75) is 52.1 Å². The van der Waals surface area contributed by atoms with Crippen LogP contribution in [0.25, 0.3) is 0 Å². The number of aldehydes is 1. The minimum absolute atomic E-state index is 0.230. The van der Waals surface area contributed by atoms with E-state index in [1.807, 2.05) is 0 Å². The molecule has 114 valence electrons. The number of hydrogen-bond acceptors (Lipinski definition) is 8. The van der Waals surface area contributed by atoms with Gasteiger partial charge in [0.2, 0.25) is 0 Å². The van der Waals surface area contributed by atoms with E-state index >= 15 is 0 Å². The molecule has 0 aliphatic heterocycles. The van der Waals surface area contributed by atoms with Gasteiger partial charge in [0, 0.05) is 20.8 Å². The molecule has 0 saturated carbocycles. The van der Waals surface area contributed by atoms with Gasteiger partial charge in [0.05, 0.1) is 6.10 Å². The summed E-state index contributed by atoms with van der Waals surface area (Å²) in [5, 5.41) is 9.60. The number of rotatable bonds is 7. The zero-order chi connectivity index (χ0) is 15.9. The zero-order valence-corrected chi connectivity index (χ0v) is 11.7. The van der Waals surface area contributed by atoms with E-state index in [1.165, 1.54) is 6.92 Å². The predicted molar refractivity (Wildman–Crippen MR) is 64.4 cm³/mol. The maximum atomic E-state index is 11.1. The predicted octanol–water partition coefficient (Wildman–Crippen LogP) is -0.639. The van der Waals surface area contributed by atoms with E-state index in [0.717, 1.165) is 20.8 Å². The Morgan fingerprint density at radius 2 is 1.30 bits per heavy atom. The number of carbonyl (C=O) groups is 4. The van der Waals surface area contributed by atoms with Gasteiger partial charge < -0.3 is 19.3 Å². The second-order valence-electron chi connectivity index (χ2n) is 4.10. The van der Waals surface area contributed by atoms with Gasteiger partial charge in [0.15, 0.2) is 24.6 Å². The van der Waals surface area contributed by atoms with E-state index in [9.17, 15) is 24.3 Å². The van der Waals surface area contributed by atoms with Gasteiger partial charge in [0.1, 0.15) is 0 Å². The first-order chi connectivity index (χ1) is 9.18. The van der Waals surface area contributed by atoms with Gasteiger partial charge in [-0.2, -0.15) is 0 Å². The van der Waals surface area contributed by atoms with Gasteiger partial charge in [-0.1, -0.05) is 0 Å². The van der Waals surface area contributed by atoms with E-state index in [-0.39, 0.29) is 6.29 Å². The first-order valence-corrected chi connectivity index (χ1v) is 5.84. The third-order valence-corrected chi connectivity index (χ3v) is 2.16. The normalized spacial score (nSPS) is 16.2. The Bertz CT molecular complexity index is 376. The fraction of sp³-hybridized carbons (Fsp3) is 0.667. The SMILES string of the molecule is CC(=O)O[C@H]([C@H](OC(C)=O)[C@H](C)O)[C@H](C=O)OC(C)=O. The molecule has 0 saturated heterocycles. The van der Waals surface area contributed by atoms with Gasteiger partial charge in [-0.25, -0.2) is 0 Å². The van der Waals surface area contributed by atoms with Crippen molar-refractivity contribution in [3.05, 3.63) is 0 Å². The van der Waals surface area contributed by atoms with Crippen molar-refractivity contribution in [3.8, 4) is 0 Å². The van der Waals surface area contributed by atoms with E-state index < -0.39 is 42.3 Å². The molecule has 0 aromatic rings. The summed E-state index contributed by atoms with van der Waals surface area (Å²) in [4.78, 5) is 44.0. The number of aliphatic hydroxyl groups excluding tert-OH is 1. The topological polar surface area (TPSA) is 116 Å². The molecule has 4 atom stereocenters. The minimum atomic E-state index is -1.49. The Labute approximate surface area is 116 Å². The van der Waals surface area contributed by atoms with E-state index in [4.69, 9.17) is 9.47 Å². The van der Waals surface area contributed by atoms with Crippen molar-refractivity contribution < 1.29 is 38.5 Å². The highest BCUT2D eigenvalue weighted by Crippen LogP contribution is 2.16. The molecule has 8 heteroatoms. The molecule has 0 amide bonds. The first-order valence-electron chi connectivity index (χ1n) is 5.84. The summed E-state index contributed by atoms with van der Waals surface area (Å²) >= 11 is 0. The zero-order valence-electron chi connectivity index (χ0n) is 11.7. The fourth-order valence-electron chi connectivity index (χ4n) is 1.51. The first kappa shape index (κ1) is 18.0. The summed E-state index contributed by atoms with van der Waals surface area (Å²) < 4.78 is 14.4. The van der Waals surface area contributed by atoms with Crippen LogP contribution in [-0.2, 0) is 33.4 Å². The maximum absolute atomic E-state index is 11.1. The summed E-state index contributed by atoms with van der Waals surface area (Å²) in [7, 11) is 0. The molecule has 0 aliphatic carbocycles. The molecular weight excluding hydrogens is 272 g/mol. The molecule has 0 rings (SSSR count). The third kappa shape index (κ3) is 6.28. The standard InChI is InChI=1S/C12H18O8/c1-6(14)11(19-8(3)16)12(20-9(4)17)10(5-13)18-7(2)15/h5-6,10-12,14H,1-4H3/t6-,10-,11+,12-/m0/s1. The van der Waals surface area contributed by atoms with Crippen molar-refractivity contribution in [3.63, 3.8) is 0 Å². The van der Waals surface area contributed by atoms with E-state index in [0.29, 0.717) is 0 Å². The van der Waals surface area contributed by atoms with Crippen LogP contribution in [0.3, 0.4) is 0 Å². The Balaban J connectivity index is 5.33. The quantitative estimate of drug-likeness (QED) is 0.374. The van der Waals surface area contributed by atoms with Crippen molar-refractivity contribution in [1.82, 2.24) is 0 Å². The maximum Gasteiger partial charge on any atom is 0.303 e. The van der Waals surface area contributed by atoms with Crippen LogP contribution in [0.5, 0.6) is 0 Å². The molecule has 0 spiro atoms. The lowest BCUT2D eigenvalue weighted by Crippen LogP contribution is -2.50. The molecule has 0 aromatic carbocycles. The second kappa shape index (κ2) is 8.26. The molecule has 0 fully saturated rings. The van der Waals surface area contributed by atoms with Gasteiger partial charge >= 0.3 is 17.9 Å². The summed E-state index contributed by atoms with van der Waals surface area (Å²) in [6.07, 6.45) is -5.28. The van der Waals surface area contributed by atoms with Gasteiger partial charge in [-0.05, 0) is 6.92 Å². The van der Waals surface area contributed by atoms with Crippen LogP contribution in [0.15, 0.2) is 0 Å². The van der Waals surface area contributed by atoms with Crippen LogP contribution in [0.1, 0.15) is 27.7 Å². The number of ether oxygens (including phenoxy) is 3. The Kier molecular flexibility index (Phi) is 7.45. The highest BCUT2D eigenvalue weighted by atomic mass is 16.6. The molecular formula is C12H18O8. The highest BCUT2D eigenvalue weighted by molar-refractivity contribution is 5.72. The van der Waals surface area contributed by atoms with Crippen molar-refractivity contribution in [2.24, 2.45) is 0 Å². The molecule has 0 heterocycles. The number of carbonyl (C=O) groups excluding carboxylic acids is 4. The van der Waals surface area contributed by atoms with Crippen molar-refractivity contribution in [1.29, 1.82) is 0 Å². The molecule has 0 aliphatic rings. The summed E-state index contributed by atoms with van der Waals surface area (Å²) in [6, 6.07) is 0. The molecule has 0 bridgehead atoms. The average Bonchev–Trinajstić information content (AvgIpc) is 2.29. The fourth-order valence-corrected chi connectivity index (χ4v) is 1.51. The third-order valence-electron chi connectivity index (χ3n) is 2.16. The van der Waals surface area contributed by atoms with Gasteiger partial charge in [-0.15, -0.1) is 0 Å². The van der Waals surface area contributed by atoms with Crippen molar-refractivity contribution in [2.75, 3.05) is 0 Å². The lowest BCUT2D eigenvalue weighted by atomic mass is 10.0. The average molecular weight is 290 g/mol. The minimum Gasteiger partial charge on any atom is -0.456 e. The molecule has 0 radical (unpaired) electrons. The molecule has 8 nitrogen and oxygen atoms in total. The Morgan fingerprint density at radius 1 is 0.900 bits per heavy atom. The van der Waals surface area contributed by atoms with Crippen LogP contribution < -0.4 is 0 Å². The highest BCUT2D eigenvalue weighted by Gasteiger charge is 2.39. The van der Waals surface area contributed by atoms with Crippen LogP contribution in [0.2, 0.25) is 0 Å². The van der Waals surface area contributed by atoms with E-state index in [1.54, 1.807) is 0 Å². The second-order valence-corrected chi connectivity index (χ2v) is 4.10. The van der Waals surface area contributed by atoms with Crippen LogP contribution in [0.4, 0.5) is 0 Å². The lowest BCUT2D eigenvalue weighted by Gasteiger charge is -2.30. The molecule has 0 aromatic heterocycles. The van der Waals surface area contributed by atoms with Crippen LogP contribution >= 0.6 is 0 Å². The van der Waals surface area contributed by atoms with Gasteiger partial charge in [0.25, 0.3) is 0 Å². The van der Waals surface area contributed by atoms with Crippen LogP contribution in [-0.4, -0.2) is 53.7 Å². The monoisotopic (exact) mass is 290 g/mol. The summed E-state index contributed by atoms with van der Waals surface area (Å²) in [5.74, 6) is -2.32. The van der Waals surface area contributed by atoms with Crippen molar-refractivity contribution >= 4 is 24.2 Å². The molecule has 1 N–H and O–H groups in total. The molecule has 20 heavy (non-hydrogen) atoms. The molecule has 0 unspecified atom stereocenters. The van der Waals surface area contributed by atoms with Crippen LogP contribution in [0, 0.1) is 0 Å². The number of esters is 3.